The van der Waals surface area contributed by atoms with E-state index < -0.39 is 0 Å². The van der Waals surface area contributed by atoms with Gasteiger partial charge in [0.15, 0.2) is 5.65 Å². The number of nitrogens with zero attached hydrogens (tertiary/aromatic N) is 4. The molecule has 1 aliphatic heterocycles. The van der Waals surface area contributed by atoms with Gasteiger partial charge in [0.1, 0.15) is 0 Å². The van der Waals surface area contributed by atoms with Crippen molar-refractivity contribution in [2.24, 2.45) is 5.92 Å². The van der Waals surface area contributed by atoms with Crippen LogP contribution in [0.5, 0.6) is 0 Å². The number of rotatable bonds is 4. The minimum absolute atomic E-state index is 0.175. The minimum Gasteiger partial charge on any atom is -0.372 e. The first kappa shape index (κ1) is 23.4. The zero-order valence-corrected chi connectivity index (χ0v) is 21.4. The van der Waals surface area contributed by atoms with Crippen molar-refractivity contribution in [2.75, 3.05) is 23.3 Å². The maximum absolute atomic E-state index is 13.4. The van der Waals surface area contributed by atoms with Crippen molar-refractivity contribution in [1.29, 1.82) is 0 Å². The molecule has 1 saturated heterocycles. The normalized spacial score (nSPS) is 14.5. The maximum atomic E-state index is 13.4. The number of fused-ring (bicyclic) bond motifs is 1. The van der Waals surface area contributed by atoms with Crippen molar-refractivity contribution in [3.63, 3.8) is 0 Å². The predicted octanol–water partition coefficient (Wildman–Crippen LogP) is 6.49. The van der Waals surface area contributed by atoms with Crippen LogP contribution >= 0.6 is 11.6 Å². The third kappa shape index (κ3) is 4.50. The molecule has 0 spiro atoms. The predicted molar refractivity (Wildman–Crippen MR) is 143 cm³/mol. The van der Waals surface area contributed by atoms with Crippen LogP contribution in [0.15, 0.2) is 48.5 Å². The van der Waals surface area contributed by atoms with E-state index in [9.17, 15) is 4.79 Å². The van der Waals surface area contributed by atoms with Gasteiger partial charge in [-0.2, -0.15) is 5.10 Å². The maximum Gasteiger partial charge on any atom is 0.256 e. The average molecular weight is 488 g/mol. The van der Waals surface area contributed by atoms with E-state index in [0.29, 0.717) is 16.2 Å². The standard InChI is InChI=1S/C28H30ClN5O/c1-17-12-14-33(15-13-17)22-10-8-21(9-11-22)31-28(35)23-16-18(2)30-27-26(23)20(4)32-34(27)25-7-5-6-24(29)19(25)3/h5-11,16-17H,12-15H2,1-4H3,(H,31,35). The van der Waals surface area contributed by atoms with Crippen molar-refractivity contribution in [2.45, 2.75) is 40.5 Å². The van der Waals surface area contributed by atoms with Gasteiger partial charge in [0.25, 0.3) is 5.91 Å². The van der Waals surface area contributed by atoms with E-state index in [1.165, 1.54) is 18.5 Å². The molecule has 3 heterocycles. The van der Waals surface area contributed by atoms with E-state index in [1.807, 2.05) is 57.2 Å². The number of aryl methyl sites for hydroxylation is 2. The summed E-state index contributed by atoms with van der Waals surface area (Å²) in [7, 11) is 0. The van der Waals surface area contributed by atoms with Crippen LogP contribution in [0.2, 0.25) is 5.02 Å². The SMILES string of the molecule is Cc1cc(C(=O)Nc2ccc(N3CCC(C)CC3)cc2)c2c(C)nn(-c3cccc(Cl)c3C)c2n1. The Balaban J connectivity index is 1.45. The average Bonchev–Trinajstić information content (AvgIpc) is 3.17. The van der Waals surface area contributed by atoms with Crippen LogP contribution in [0.4, 0.5) is 11.4 Å². The van der Waals surface area contributed by atoms with Gasteiger partial charge in [0.05, 0.1) is 22.3 Å². The highest BCUT2D eigenvalue weighted by atomic mass is 35.5. The van der Waals surface area contributed by atoms with Gasteiger partial charge in [-0.15, -0.1) is 0 Å². The second-order valence-electron chi connectivity index (χ2n) is 9.56. The number of carbonyl (C=O) groups excluding carboxylic acids is 1. The summed E-state index contributed by atoms with van der Waals surface area (Å²) in [5.74, 6) is 0.617. The summed E-state index contributed by atoms with van der Waals surface area (Å²) in [6.07, 6.45) is 2.44. The van der Waals surface area contributed by atoms with Crippen molar-refractivity contribution < 1.29 is 4.79 Å². The molecule has 2 aromatic carbocycles. The van der Waals surface area contributed by atoms with Gasteiger partial charge >= 0.3 is 0 Å². The van der Waals surface area contributed by atoms with E-state index in [2.05, 4.69) is 29.3 Å². The van der Waals surface area contributed by atoms with Crippen LogP contribution in [0.3, 0.4) is 0 Å². The van der Waals surface area contributed by atoms with E-state index in [0.717, 1.165) is 52.7 Å². The van der Waals surface area contributed by atoms with Crippen LogP contribution in [0, 0.1) is 26.7 Å². The smallest absolute Gasteiger partial charge is 0.256 e. The summed E-state index contributed by atoms with van der Waals surface area (Å²) in [5.41, 5.74) is 6.43. The molecule has 0 aliphatic carbocycles. The number of pyridine rings is 1. The molecule has 1 amide bonds. The Morgan fingerprint density at radius 3 is 2.49 bits per heavy atom. The highest BCUT2D eigenvalue weighted by molar-refractivity contribution is 6.31. The molecule has 6 nitrogen and oxygen atoms in total. The molecule has 0 saturated carbocycles. The number of nitrogens with one attached hydrogen (secondary N) is 1. The molecule has 1 fully saturated rings. The molecule has 0 unspecified atom stereocenters. The lowest BCUT2D eigenvalue weighted by Crippen LogP contribution is -2.32. The number of aromatic nitrogens is 3. The van der Waals surface area contributed by atoms with Crippen molar-refractivity contribution in [1.82, 2.24) is 14.8 Å². The molecular formula is C28H30ClN5O. The topological polar surface area (TPSA) is 63.1 Å². The molecule has 5 rings (SSSR count). The Kier molecular flexibility index (Phi) is 6.24. The fourth-order valence-corrected chi connectivity index (χ4v) is 4.98. The first-order chi connectivity index (χ1) is 16.8. The summed E-state index contributed by atoms with van der Waals surface area (Å²) in [6.45, 7) is 10.2. The fourth-order valence-electron chi connectivity index (χ4n) is 4.81. The summed E-state index contributed by atoms with van der Waals surface area (Å²) < 4.78 is 1.78. The molecule has 2 aromatic heterocycles. The van der Waals surface area contributed by atoms with Crippen LogP contribution in [0.25, 0.3) is 16.7 Å². The van der Waals surface area contributed by atoms with Gasteiger partial charge in [-0.3, -0.25) is 4.79 Å². The van der Waals surface area contributed by atoms with Gasteiger partial charge in [0.2, 0.25) is 0 Å². The lowest BCUT2D eigenvalue weighted by Gasteiger charge is -2.32. The van der Waals surface area contributed by atoms with Crippen molar-refractivity contribution in [3.05, 3.63) is 76.1 Å². The molecule has 4 aromatic rings. The van der Waals surface area contributed by atoms with Gasteiger partial charge in [-0.05, 0) is 87.6 Å². The van der Waals surface area contributed by atoms with Gasteiger partial charge in [-0.1, -0.05) is 24.6 Å². The summed E-state index contributed by atoms with van der Waals surface area (Å²) >= 11 is 6.36. The number of amides is 1. The number of benzene rings is 2. The summed E-state index contributed by atoms with van der Waals surface area (Å²) in [5, 5.41) is 9.21. The lowest BCUT2D eigenvalue weighted by molar-refractivity contribution is 0.102. The van der Waals surface area contributed by atoms with E-state index >= 15 is 0 Å². The first-order valence-electron chi connectivity index (χ1n) is 12.1. The Morgan fingerprint density at radius 2 is 1.77 bits per heavy atom. The fraction of sp³-hybridized carbons (Fsp3) is 0.321. The van der Waals surface area contributed by atoms with Crippen molar-refractivity contribution in [3.8, 4) is 5.69 Å². The largest absolute Gasteiger partial charge is 0.372 e. The van der Waals surface area contributed by atoms with Crippen LogP contribution < -0.4 is 10.2 Å². The quantitative estimate of drug-likeness (QED) is 0.357. The third-order valence-corrected chi connectivity index (χ3v) is 7.34. The van der Waals surface area contributed by atoms with E-state index in [-0.39, 0.29) is 5.91 Å². The summed E-state index contributed by atoms with van der Waals surface area (Å²) in [4.78, 5) is 20.6. The molecule has 1 N–H and O–H groups in total. The van der Waals surface area contributed by atoms with Crippen molar-refractivity contribution >= 4 is 39.9 Å². The molecule has 0 atom stereocenters. The number of piperidine rings is 1. The Morgan fingerprint density at radius 1 is 1.06 bits per heavy atom. The Hall–Kier alpha value is -3.38. The van der Waals surface area contributed by atoms with Gasteiger partial charge < -0.3 is 10.2 Å². The van der Waals surface area contributed by atoms with Crippen LogP contribution in [0.1, 0.15) is 47.1 Å². The van der Waals surface area contributed by atoms with E-state index in [4.69, 9.17) is 21.7 Å². The molecular weight excluding hydrogens is 458 g/mol. The zero-order valence-electron chi connectivity index (χ0n) is 20.6. The third-order valence-electron chi connectivity index (χ3n) is 6.93. The minimum atomic E-state index is -0.175. The molecule has 0 bridgehead atoms. The van der Waals surface area contributed by atoms with Gasteiger partial charge in [0, 0.05) is 35.2 Å². The van der Waals surface area contributed by atoms with E-state index in [1.54, 1.807) is 4.68 Å². The second kappa shape index (κ2) is 9.34. The highest BCUT2D eigenvalue weighted by Crippen LogP contribution is 2.29. The Bertz CT molecular complexity index is 1400. The second-order valence-corrected chi connectivity index (χ2v) is 9.97. The summed E-state index contributed by atoms with van der Waals surface area (Å²) in [6, 6.07) is 15.7. The lowest BCUT2D eigenvalue weighted by atomic mass is 9.99. The molecule has 1 aliphatic rings. The number of carbonyl (C=O) groups is 1. The monoisotopic (exact) mass is 487 g/mol. The Labute approximate surface area is 210 Å². The number of halogens is 1. The van der Waals surface area contributed by atoms with Gasteiger partial charge in [-0.25, -0.2) is 9.67 Å². The van der Waals surface area contributed by atoms with Crippen LogP contribution in [-0.2, 0) is 0 Å². The number of anilines is 2. The number of hydrogen-bond donors (Lipinski definition) is 1. The van der Waals surface area contributed by atoms with Crippen LogP contribution in [-0.4, -0.2) is 33.8 Å². The molecule has 35 heavy (non-hydrogen) atoms. The first-order valence-corrected chi connectivity index (χ1v) is 12.5. The number of hydrogen-bond acceptors (Lipinski definition) is 4. The highest BCUT2D eigenvalue weighted by Gasteiger charge is 2.21. The molecule has 180 valence electrons. The molecule has 0 radical (unpaired) electrons. The molecule has 7 heteroatoms. The zero-order chi connectivity index (χ0) is 24.7.